The summed E-state index contributed by atoms with van der Waals surface area (Å²) in [6, 6.07) is 9.54. The third-order valence-corrected chi connectivity index (χ3v) is 6.14. The van der Waals surface area contributed by atoms with E-state index >= 15 is 0 Å². The quantitative estimate of drug-likeness (QED) is 0.392. The van der Waals surface area contributed by atoms with E-state index in [9.17, 15) is 24.1 Å². The van der Waals surface area contributed by atoms with Crippen LogP contribution in [0.2, 0.25) is 0 Å². The molecule has 0 saturated heterocycles. The molecule has 9 nitrogen and oxygen atoms in total. The molecule has 0 fully saturated rings. The van der Waals surface area contributed by atoms with Crippen LogP contribution in [0.3, 0.4) is 0 Å². The molecule has 0 spiro atoms. The molecule has 0 aliphatic heterocycles. The number of carbonyl (C=O) groups is 2. The van der Waals surface area contributed by atoms with Crippen LogP contribution >= 0.6 is 23.1 Å². The minimum absolute atomic E-state index is 0.0284. The first-order chi connectivity index (χ1) is 15.2. The van der Waals surface area contributed by atoms with Gasteiger partial charge in [0.1, 0.15) is 0 Å². The highest BCUT2D eigenvalue weighted by Crippen LogP contribution is 2.36. The van der Waals surface area contributed by atoms with Crippen LogP contribution in [-0.4, -0.2) is 27.8 Å². The van der Waals surface area contributed by atoms with Crippen molar-refractivity contribution in [2.75, 3.05) is 0 Å². The van der Waals surface area contributed by atoms with Crippen molar-refractivity contribution in [2.24, 2.45) is 0 Å². The van der Waals surface area contributed by atoms with Crippen molar-refractivity contribution in [2.45, 2.75) is 29.2 Å². The molecule has 1 atom stereocenters. The number of hydrazine groups is 1. The minimum atomic E-state index is -1.11. The van der Waals surface area contributed by atoms with Crippen molar-refractivity contribution in [3.05, 3.63) is 75.0 Å². The van der Waals surface area contributed by atoms with Gasteiger partial charge in [-0.05, 0) is 38.1 Å². The van der Waals surface area contributed by atoms with Crippen LogP contribution in [0.5, 0.6) is 5.75 Å². The molecule has 2 amide bonds. The van der Waals surface area contributed by atoms with Crippen LogP contribution in [0, 0.1) is 22.9 Å². The zero-order valence-corrected chi connectivity index (χ0v) is 18.5. The number of nitro benzene ring substituents is 1. The summed E-state index contributed by atoms with van der Waals surface area (Å²) in [6.07, 6.45) is -1.11. The summed E-state index contributed by atoms with van der Waals surface area (Å²) >= 11 is 2.48. The summed E-state index contributed by atoms with van der Waals surface area (Å²) in [7, 11) is 0. The molecule has 2 aromatic carbocycles. The second-order valence-electron chi connectivity index (χ2n) is 6.43. The van der Waals surface area contributed by atoms with Gasteiger partial charge in [0, 0.05) is 22.7 Å². The fraction of sp³-hybridized carbons (Fsp3) is 0.150. The molecule has 0 radical (unpaired) electrons. The Balaban J connectivity index is 1.64. The van der Waals surface area contributed by atoms with Gasteiger partial charge in [-0.2, -0.15) is 0 Å². The van der Waals surface area contributed by atoms with Gasteiger partial charge in [0.15, 0.2) is 22.0 Å². The van der Waals surface area contributed by atoms with Gasteiger partial charge in [0.2, 0.25) is 0 Å². The first kappa shape index (κ1) is 23.2. The van der Waals surface area contributed by atoms with Gasteiger partial charge in [0.25, 0.3) is 17.5 Å². The van der Waals surface area contributed by atoms with E-state index in [0.717, 1.165) is 23.5 Å². The van der Waals surface area contributed by atoms with E-state index in [1.807, 2.05) is 12.3 Å². The molecule has 3 rings (SSSR count). The summed E-state index contributed by atoms with van der Waals surface area (Å²) < 4.78 is 19.5. The smallest absolute Gasteiger partial charge is 0.284 e. The predicted octanol–water partition coefficient (Wildman–Crippen LogP) is 3.88. The zero-order valence-electron chi connectivity index (χ0n) is 16.8. The summed E-state index contributed by atoms with van der Waals surface area (Å²) in [5.41, 5.74) is 4.84. The number of para-hydroxylation sites is 1. The fourth-order valence-electron chi connectivity index (χ4n) is 2.44. The van der Waals surface area contributed by atoms with Gasteiger partial charge in [-0.25, -0.2) is 9.37 Å². The van der Waals surface area contributed by atoms with Crippen molar-refractivity contribution in [1.29, 1.82) is 0 Å². The molecule has 0 bridgehead atoms. The normalized spacial score (nSPS) is 11.5. The van der Waals surface area contributed by atoms with E-state index in [4.69, 9.17) is 4.74 Å². The van der Waals surface area contributed by atoms with Gasteiger partial charge >= 0.3 is 0 Å². The van der Waals surface area contributed by atoms with Crippen molar-refractivity contribution in [3.8, 4) is 5.75 Å². The molecule has 32 heavy (non-hydrogen) atoms. The Hall–Kier alpha value is -3.51. The fourth-order valence-corrected chi connectivity index (χ4v) is 4.32. The third kappa shape index (κ3) is 5.80. The highest BCUT2D eigenvalue weighted by molar-refractivity contribution is 8.01. The molecule has 0 unspecified atom stereocenters. The molecule has 166 valence electrons. The first-order valence-electron chi connectivity index (χ1n) is 9.14. The first-order valence-corrected chi connectivity index (χ1v) is 10.8. The lowest BCUT2D eigenvalue weighted by Crippen LogP contribution is -2.47. The molecular formula is C20H17FN4O5S2. The third-order valence-electron chi connectivity index (χ3n) is 4.02. The number of rotatable bonds is 7. The molecule has 3 aromatic rings. The van der Waals surface area contributed by atoms with Crippen molar-refractivity contribution in [1.82, 2.24) is 15.8 Å². The van der Waals surface area contributed by atoms with Gasteiger partial charge in [-0.15, -0.1) is 11.3 Å². The Kier molecular flexibility index (Phi) is 7.38. The molecular weight excluding hydrogens is 459 g/mol. The number of hydrogen-bond donors (Lipinski definition) is 2. The predicted molar refractivity (Wildman–Crippen MR) is 116 cm³/mol. The summed E-state index contributed by atoms with van der Waals surface area (Å²) in [5, 5.41) is 13.3. The second kappa shape index (κ2) is 10.2. The molecule has 0 aliphatic carbocycles. The van der Waals surface area contributed by atoms with Crippen LogP contribution in [0.4, 0.5) is 10.1 Å². The number of amides is 2. The van der Waals surface area contributed by atoms with Crippen LogP contribution in [0.25, 0.3) is 0 Å². The molecule has 1 heterocycles. The number of thiazole rings is 1. The van der Waals surface area contributed by atoms with Crippen LogP contribution < -0.4 is 15.6 Å². The number of aromatic nitrogens is 1. The Morgan fingerprint density at radius 3 is 2.66 bits per heavy atom. The summed E-state index contributed by atoms with van der Waals surface area (Å²) in [4.78, 5) is 40.0. The Morgan fingerprint density at radius 1 is 1.25 bits per heavy atom. The van der Waals surface area contributed by atoms with Gasteiger partial charge in [-0.3, -0.25) is 30.6 Å². The van der Waals surface area contributed by atoms with Crippen molar-refractivity contribution < 1.29 is 23.6 Å². The largest absolute Gasteiger partial charge is 0.478 e. The summed E-state index contributed by atoms with van der Waals surface area (Å²) in [6.45, 7) is 3.20. The number of benzene rings is 2. The number of aryl methyl sites for hydroxylation is 1. The number of hydrogen-bond acceptors (Lipinski definition) is 8. The lowest BCUT2D eigenvalue weighted by Gasteiger charge is -2.15. The lowest BCUT2D eigenvalue weighted by atomic mass is 10.2. The van der Waals surface area contributed by atoms with E-state index in [1.165, 1.54) is 48.6 Å². The maximum absolute atomic E-state index is 13.6. The number of nitrogens with one attached hydrogen (secondary N) is 2. The van der Waals surface area contributed by atoms with Crippen molar-refractivity contribution >= 4 is 40.6 Å². The molecule has 2 N–H and O–H groups in total. The van der Waals surface area contributed by atoms with E-state index in [1.54, 1.807) is 6.07 Å². The molecule has 0 saturated carbocycles. The molecule has 12 heteroatoms. The number of nitrogens with zero attached hydrogens (tertiary/aromatic N) is 2. The molecule has 0 aliphatic rings. The average molecular weight is 477 g/mol. The highest BCUT2D eigenvalue weighted by Gasteiger charge is 2.21. The van der Waals surface area contributed by atoms with E-state index in [2.05, 4.69) is 15.8 Å². The second-order valence-corrected chi connectivity index (χ2v) is 8.58. The van der Waals surface area contributed by atoms with E-state index in [-0.39, 0.29) is 17.0 Å². The number of carbonyl (C=O) groups excluding carboxylic acids is 2. The van der Waals surface area contributed by atoms with Crippen LogP contribution in [0.1, 0.15) is 23.0 Å². The van der Waals surface area contributed by atoms with Gasteiger partial charge < -0.3 is 4.74 Å². The number of nitro groups is 1. The monoisotopic (exact) mass is 476 g/mol. The topological polar surface area (TPSA) is 123 Å². The Morgan fingerprint density at radius 2 is 2.00 bits per heavy atom. The maximum Gasteiger partial charge on any atom is 0.284 e. The number of halogens is 1. The van der Waals surface area contributed by atoms with Crippen LogP contribution in [0.15, 0.2) is 57.1 Å². The molecule has 1 aromatic heterocycles. The Bertz CT molecular complexity index is 1170. The summed E-state index contributed by atoms with van der Waals surface area (Å²) in [5.74, 6) is -2.24. The maximum atomic E-state index is 13.6. The lowest BCUT2D eigenvalue weighted by molar-refractivity contribution is -0.387. The van der Waals surface area contributed by atoms with Gasteiger partial charge in [-0.1, -0.05) is 23.9 Å². The number of ether oxygens (including phenoxy) is 1. The standard InChI is InChI=1S/C20H17FN4O5S2/c1-11-10-31-20(22-11)32-17-8-7-13(9-15(17)25(28)29)19(27)24-23-18(26)12(2)30-16-6-4-3-5-14(16)21/h3-10,12H,1-2H3,(H,23,26)(H,24,27)/t12-/m0/s1. The highest BCUT2D eigenvalue weighted by atomic mass is 32.2. The van der Waals surface area contributed by atoms with Gasteiger partial charge in [0.05, 0.1) is 9.82 Å². The minimum Gasteiger partial charge on any atom is -0.478 e. The van der Waals surface area contributed by atoms with E-state index < -0.39 is 28.7 Å². The zero-order chi connectivity index (χ0) is 23.3. The van der Waals surface area contributed by atoms with E-state index in [0.29, 0.717) is 9.24 Å². The van der Waals surface area contributed by atoms with Crippen molar-refractivity contribution in [3.63, 3.8) is 0 Å². The average Bonchev–Trinajstić information content (AvgIpc) is 3.17. The SMILES string of the molecule is Cc1csc(Sc2ccc(C(=O)NNC(=O)[C@H](C)Oc3ccccc3F)cc2[N+](=O)[O-])n1. The Labute approximate surface area is 190 Å². The van der Waals surface area contributed by atoms with Crippen LogP contribution in [-0.2, 0) is 4.79 Å².